The van der Waals surface area contributed by atoms with E-state index < -0.39 is 5.60 Å². The molecule has 1 aliphatic carbocycles. The number of nitrogens with zero attached hydrogens (tertiary/aromatic N) is 2. The molecule has 0 heterocycles. The fourth-order valence-electron chi connectivity index (χ4n) is 2.90. The molecule has 1 aliphatic rings. The van der Waals surface area contributed by atoms with Gasteiger partial charge in [0, 0.05) is 31.9 Å². The Labute approximate surface area is 169 Å². The molecule has 6 heteroatoms. The lowest BCUT2D eigenvalue weighted by atomic mass is 9.80. The Hall–Kier alpha value is -1.02. The van der Waals surface area contributed by atoms with Gasteiger partial charge in [0.25, 0.3) is 0 Å². The van der Waals surface area contributed by atoms with Gasteiger partial charge >= 0.3 is 0 Å². The van der Waals surface area contributed by atoms with Crippen LogP contribution in [0, 0.1) is 0 Å². The number of nitrogens with one attached hydrogen (secondary N) is 2. The molecule has 3 N–H and O–H groups in total. The van der Waals surface area contributed by atoms with Crippen molar-refractivity contribution in [3.05, 3.63) is 30.3 Å². The summed E-state index contributed by atoms with van der Waals surface area (Å²) in [4.78, 5) is 6.91. The number of para-hydroxylation sites is 1. The molecule has 0 amide bonds. The Balaban J connectivity index is 0.00000312. The van der Waals surface area contributed by atoms with Crippen molar-refractivity contribution >= 4 is 35.6 Å². The molecule has 0 atom stereocenters. The predicted octanol–water partition coefficient (Wildman–Crippen LogP) is 2.99. The molecule has 1 aromatic rings. The lowest BCUT2D eigenvalue weighted by Gasteiger charge is -2.35. The van der Waals surface area contributed by atoms with E-state index in [1.54, 1.807) is 0 Å². The summed E-state index contributed by atoms with van der Waals surface area (Å²) in [6.07, 6.45) is 3.90. The lowest BCUT2D eigenvalue weighted by Crippen LogP contribution is -2.43. The fraction of sp³-hybridized carbons (Fsp3) is 0.632. The van der Waals surface area contributed by atoms with Gasteiger partial charge in [0.05, 0.1) is 12.1 Å². The second-order valence-electron chi connectivity index (χ2n) is 6.47. The highest BCUT2D eigenvalue weighted by Crippen LogP contribution is 2.31. The summed E-state index contributed by atoms with van der Waals surface area (Å²) in [7, 11) is 0. The van der Waals surface area contributed by atoms with Crippen molar-refractivity contribution in [2.24, 2.45) is 4.99 Å². The number of halogens is 1. The van der Waals surface area contributed by atoms with Gasteiger partial charge in [-0.3, -0.25) is 4.99 Å². The maximum absolute atomic E-state index is 10.2. The number of anilines is 1. The first-order valence-corrected chi connectivity index (χ1v) is 9.21. The zero-order valence-electron chi connectivity index (χ0n) is 15.5. The average Bonchev–Trinajstić information content (AvgIpc) is 2.58. The van der Waals surface area contributed by atoms with Gasteiger partial charge in [0.15, 0.2) is 5.96 Å². The number of benzene rings is 1. The molecular formula is C19H33IN4O. The molecule has 0 spiro atoms. The summed E-state index contributed by atoms with van der Waals surface area (Å²) in [6, 6.07) is 10.5. The third kappa shape index (κ3) is 7.40. The van der Waals surface area contributed by atoms with E-state index in [-0.39, 0.29) is 24.0 Å². The molecule has 0 radical (unpaired) electrons. The highest BCUT2D eigenvalue weighted by molar-refractivity contribution is 14.0. The van der Waals surface area contributed by atoms with Crippen molar-refractivity contribution in [3.8, 4) is 0 Å². The van der Waals surface area contributed by atoms with Crippen LogP contribution in [0.15, 0.2) is 35.3 Å². The van der Waals surface area contributed by atoms with Crippen molar-refractivity contribution in [2.45, 2.75) is 45.1 Å². The highest BCUT2D eigenvalue weighted by Gasteiger charge is 2.34. The van der Waals surface area contributed by atoms with Gasteiger partial charge in [-0.05, 0) is 51.7 Å². The molecule has 0 aromatic heterocycles. The highest BCUT2D eigenvalue weighted by atomic mass is 127. The second kappa shape index (κ2) is 11.6. The Morgan fingerprint density at radius 3 is 2.48 bits per heavy atom. The molecule has 1 aromatic carbocycles. The van der Waals surface area contributed by atoms with Gasteiger partial charge in [0.1, 0.15) is 0 Å². The molecule has 0 saturated heterocycles. The van der Waals surface area contributed by atoms with Crippen molar-refractivity contribution < 1.29 is 5.11 Å². The van der Waals surface area contributed by atoms with Crippen molar-refractivity contribution in [3.63, 3.8) is 0 Å². The zero-order valence-corrected chi connectivity index (χ0v) is 17.8. The zero-order chi connectivity index (χ0) is 17.3. The van der Waals surface area contributed by atoms with Crippen LogP contribution in [0.5, 0.6) is 0 Å². The van der Waals surface area contributed by atoms with E-state index >= 15 is 0 Å². The largest absolute Gasteiger partial charge is 0.388 e. The molecule has 25 heavy (non-hydrogen) atoms. The van der Waals surface area contributed by atoms with E-state index in [1.165, 1.54) is 5.69 Å². The summed E-state index contributed by atoms with van der Waals surface area (Å²) in [6.45, 7) is 8.45. The van der Waals surface area contributed by atoms with E-state index in [1.807, 2.05) is 6.07 Å². The first kappa shape index (κ1) is 22.0. The van der Waals surface area contributed by atoms with Crippen LogP contribution in [0.3, 0.4) is 0 Å². The number of guanidine groups is 1. The van der Waals surface area contributed by atoms with Crippen LogP contribution in [-0.2, 0) is 0 Å². The number of hydrogen-bond acceptors (Lipinski definition) is 3. The first-order valence-electron chi connectivity index (χ1n) is 9.21. The van der Waals surface area contributed by atoms with Gasteiger partial charge in [-0.25, -0.2) is 0 Å². The third-order valence-corrected chi connectivity index (χ3v) is 4.56. The van der Waals surface area contributed by atoms with Gasteiger partial charge in [-0.2, -0.15) is 0 Å². The van der Waals surface area contributed by atoms with Crippen LogP contribution in [-0.4, -0.2) is 49.4 Å². The van der Waals surface area contributed by atoms with Gasteiger partial charge in [-0.15, -0.1) is 24.0 Å². The maximum Gasteiger partial charge on any atom is 0.191 e. The Bertz CT molecular complexity index is 505. The number of aliphatic hydroxyl groups is 1. The van der Waals surface area contributed by atoms with E-state index in [4.69, 9.17) is 0 Å². The van der Waals surface area contributed by atoms with Crippen LogP contribution in [0.4, 0.5) is 5.69 Å². The van der Waals surface area contributed by atoms with E-state index in [0.29, 0.717) is 6.54 Å². The topological polar surface area (TPSA) is 59.9 Å². The van der Waals surface area contributed by atoms with Crippen molar-refractivity contribution in [1.29, 1.82) is 0 Å². The fourth-order valence-corrected chi connectivity index (χ4v) is 2.90. The van der Waals surface area contributed by atoms with Gasteiger partial charge < -0.3 is 20.6 Å². The van der Waals surface area contributed by atoms with Crippen LogP contribution >= 0.6 is 24.0 Å². The smallest absolute Gasteiger partial charge is 0.191 e. The molecule has 0 bridgehead atoms. The lowest BCUT2D eigenvalue weighted by molar-refractivity contribution is -0.0236. The SMILES string of the molecule is CCNC(=NCC1(O)CCC1)NCCCN(CC)c1ccccc1.I. The van der Waals surface area contributed by atoms with Crippen LogP contribution < -0.4 is 15.5 Å². The summed E-state index contributed by atoms with van der Waals surface area (Å²) in [5, 5.41) is 16.8. The summed E-state index contributed by atoms with van der Waals surface area (Å²) in [5.41, 5.74) is 0.710. The molecule has 1 fully saturated rings. The van der Waals surface area contributed by atoms with Crippen LogP contribution in [0.1, 0.15) is 39.5 Å². The standard InChI is InChI=1S/C19H32N4O.HI/c1-3-20-18(22-16-19(24)12-8-13-19)21-14-9-15-23(4-2)17-10-6-5-7-11-17;/h5-7,10-11,24H,3-4,8-9,12-16H2,1-2H3,(H2,20,21,22);1H. The first-order chi connectivity index (χ1) is 11.7. The minimum atomic E-state index is -0.561. The summed E-state index contributed by atoms with van der Waals surface area (Å²) < 4.78 is 0. The molecule has 0 aliphatic heterocycles. The normalized spacial score (nSPS) is 15.7. The Morgan fingerprint density at radius 2 is 1.92 bits per heavy atom. The summed E-state index contributed by atoms with van der Waals surface area (Å²) in [5.74, 6) is 0.806. The van der Waals surface area contributed by atoms with E-state index in [9.17, 15) is 5.11 Å². The molecule has 1 saturated carbocycles. The quantitative estimate of drug-likeness (QED) is 0.230. The number of rotatable bonds is 9. The third-order valence-electron chi connectivity index (χ3n) is 4.56. The molecule has 0 unspecified atom stereocenters. The van der Waals surface area contributed by atoms with Crippen molar-refractivity contribution in [2.75, 3.05) is 37.6 Å². The number of aliphatic imine (C=N–C) groups is 1. The molecule has 2 rings (SSSR count). The minimum Gasteiger partial charge on any atom is -0.388 e. The maximum atomic E-state index is 10.2. The molecular weight excluding hydrogens is 427 g/mol. The minimum absolute atomic E-state index is 0. The van der Waals surface area contributed by atoms with Crippen molar-refractivity contribution in [1.82, 2.24) is 10.6 Å². The van der Waals surface area contributed by atoms with E-state index in [0.717, 1.165) is 57.8 Å². The van der Waals surface area contributed by atoms with Gasteiger partial charge in [-0.1, -0.05) is 18.2 Å². The van der Waals surface area contributed by atoms with E-state index in [2.05, 4.69) is 58.6 Å². The second-order valence-corrected chi connectivity index (χ2v) is 6.47. The summed E-state index contributed by atoms with van der Waals surface area (Å²) >= 11 is 0. The Morgan fingerprint density at radius 1 is 1.20 bits per heavy atom. The number of hydrogen-bond donors (Lipinski definition) is 3. The monoisotopic (exact) mass is 460 g/mol. The van der Waals surface area contributed by atoms with Crippen LogP contribution in [0.2, 0.25) is 0 Å². The Kier molecular flexibility index (Phi) is 10.2. The predicted molar refractivity (Wildman–Crippen MR) is 117 cm³/mol. The van der Waals surface area contributed by atoms with Crippen LogP contribution in [0.25, 0.3) is 0 Å². The average molecular weight is 460 g/mol. The molecule has 142 valence electrons. The molecule has 5 nitrogen and oxygen atoms in total. The van der Waals surface area contributed by atoms with Gasteiger partial charge in [0.2, 0.25) is 0 Å².